The van der Waals surface area contributed by atoms with Crippen LogP contribution in [0.4, 0.5) is 5.82 Å². The molecule has 0 spiro atoms. The smallest absolute Gasteiger partial charge is 0.142 e. The molecule has 0 saturated heterocycles. The van der Waals surface area contributed by atoms with Crippen LogP contribution in [0, 0.1) is 0 Å². The Labute approximate surface area is 100 Å². The molecule has 17 heavy (non-hydrogen) atoms. The molecule has 2 heterocycles. The lowest BCUT2D eigenvalue weighted by molar-refractivity contribution is 0.299. The van der Waals surface area contributed by atoms with Gasteiger partial charge in [-0.3, -0.25) is 0 Å². The lowest BCUT2D eigenvalue weighted by Crippen LogP contribution is -2.50. The molecule has 3 rings (SSSR count). The quantitative estimate of drug-likeness (QED) is 0.832. The maximum absolute atomic E-state index is 4.41. The van der Waals surface area contributed by atoms with Gasteiger partial charge in [-0.25, -0.2) is 9.97 Å². The van der Waals surface area contributed by atoms with Gasteiger partial charge < -0.3 is 15.2 Å². The number of hydrogen-bond donors (Lipinski definition) is 2. The molecule has 0 radical (unpaired) electrons. The van der Waals surface area contributed by atoms with E-state index in [1.165, 1.54) is 12.8 Å². The molecule has 5 nitrogen and oxygen atoms in total. The van der Waals surface area contributed by atoms with Crippen molar-refractivity contribution in [1.29, 1.82) is 0 Å². The second kappa shape index (κ2) is 4.00. The molecule has 1 fully saturated rings. The average Bonchev–Trinajstić information content (AvgIpc) is 2.74. The van der Waals surface area contributed by atoms with Crippen molar-refractivity contribution in [1.82, 2.24) is 20.3 Å². The van der Waals surface area contributed by atoms with Gasteiger partial charge in [-0.2, -0.15) is 0 Å². The van der Waals surface area contributed by atoms with Crippen molar-refractivity contribution in [2.24, 2.45) is 0 Å². The van der Waals surface area contributed by atoms with Crippen molar-refractivity contribution in [2.75, 3.05) is 19.0 Å². The van der Waals surface area contributed by atoms with Crippen molar-refractivity contribution in [3.63, 3.8) is 0 Å². The molecule has 1 aliphatic carbocycles. The SMILES string of the molecule is CNC1CC(N(C)c2ncnc3[nH]ccc23)C1. The number of aromatic amines is 1. The maximum atomic E-state index is 4.41. The van der Waals surface area contributed by atoms with Gasteiger partial charge in [0.05, 0.1) is 5.39 Å². The average molecular weight is 231 g/mol. The van der Waals surface area contributed by atoms with E-state index in [0.717, 1.165) is 16.9 Å². The highest BCUT2D eigenvalue weighted by molar-refractivity contribution is 5.87. The Balaban J connectivity index is 1.86. The molecular weight excluding hydrogens is 214 g/mol. The van der Waals surface area contributed by atoms with Crippen LogP contribution in [0.15, 0.2) is 18.6 Å². The molecule has 1 saturated carbocycles. The standard InChI is InChI=1S/C12H17N5/c1-13-8-5-9(6-8)17(2)12-10-3-4-14-11(10)15-7-16-12/h3-4,7-9,13H,5-6H2,1-2H3,(H,14,15,16). The summed E-state index contributed by atoms with van der Waals surface area (Å²) in [4.78, 5) is 14.0. The van der Waals surface area contributed by atoms with Gasteiger partial charge in [0, 0.05) is 25.3 Å². The van der Waals surface area contributed by atoms with E-state index in [0.29, 0.717) is 12.1 Å². The largest absolute Gasteiger partial charge is 0.356 e. The zero-order chi connectivity index (χ0) is 11.8. The van der Waals surface area contributed by atoms with E-state index in [9.17, 15) is 0 Å². The van der Waals surface area contributed by atoms with Gasteiger partial charge in [0.25, 0.3) is 0 Å². The zero-order valence-electron chi connectivity index (χ0n) is 10.1. The maximum Gasteiger partial charge on any atom is 0.142 e. The van der Waals surface area contributed by atoms with Crippen LogP contribution in [0.5, 0.6) is 0 Å². The summed E-state index contributed by atoms with van der Waals surface area (Å²) >= 11 is 0. The van der Waals surface area contributed by atoms with Crippen molar-refractivity contribution in [2.45, 2.75) is 24.9 Å². The Kier molecular flexibility index (Phi) is 2.48. The summed E-state index contributed by atoms with van der Waals surface area (Å²) in [6, 6.07) is 3.28. The number of anilines is 1. The second-order valence-electron chi connectivity index (χ2n) is 4.66. The number of nitrogens with zero attached hydrogens (tertiary/aromatic N) is 3. The molecule has 0 unspecified atom stereocenters. The molecule has 2 aromatic heterocycles. The topological polar surface area (TPSA) is 56.8 Å². The van der Waals surface area contributed by atoms with Crippen LogP contribution < -0.4 is 10.2 Å². The predicted octanol–water partition coefficient (Wildman–Crippen LogP) is 1.14. The summed E-state index contributed by atoms with van der Waals surface area (Å²) in [6.45, 7) is 0. The van der Waals surface area contributed by atoms with Crippen molar-refractivity contribution in [3.05, 3.63) is 18.6 Å². The first-order valence-corrected chi connectivity index (χ1v) is 5.97. The van der Waals surface area contributed by atoms with Crippen LogP contribution in [0.1, 0.15) is 12.8 Å². The van der Waals surface area contributed by atoms with E-state index in [1.54, 1.807) is 6.33 Å². The lowest BCUT2D eigenvalue weighted by Gasteiger charge is -2.41. The fourth-order valence-electron chi connectivity index (χ4n) is 2.45. The van der Waals surface area contributed by atoms with E-state index in [2.05, 4.69) is 32.2 Å². The van der Waals surface area contributed by atoms with E-state index in [-0.39, 0.29) is 0 Å². The molecule has 0 atom stereocenters. The third-order valence-corrected chi connectivity index (χ3v) is 3.74. The molecule has 0 bridgehead atoms. The first-order chi connectivity index (χ1) is 8.29. The number of fused-ring (bicyclic) bond motifs is 1. The minimum absolute atomic E-state index is 0.584. The summed E-state index contributed by atoms with van der Waals surface area (Å²) in [5.74, 6) is 1.02. The molecule has 0 aliphatic heterocycles. The van der Waals surface area contributed by atoms with Gasteiger partial charge >= 0.3 is 0 Å². The van der Waals surface area contributed by atoms with Crippen LogP contribution in [-0.2, 0) is 0 Å². The number of H-pyrrole nitrogens is 1. The summed E-state index contributed by atoms with van der Waals surface area (Å²) in [5.41, 5.74) is 0.909. The zero-order valence-corrected chi connectivity index (χ0v) is 10.1. The molecular formula is C12H17N5. The number of hydrogen-bond acceptors (Lipinski definition) is 4. The Bertz CT molecular complexity index is 514. The highest BCUT2D eigenvalue weighted by Crippen LogP contribution is 2.30. The van der Waals surface area contributed by atoms with E-state index in [1.807, 2.05) is 19.3 Å². The van der Waals surface area contributed by atoms with Crippen molar-refractivity contribution >= 4 is 16.9 Å². The summed E-state index contributed by atoms with van der Waals surface area (Å²) < 4.78 is 0. The molecule has 2 N–H and O–H groups in total. The fraction of sp³-hybridized carbons (Fsp3) is 0.500. The van der Waals surface area contributed by atoms with Crippen molar-refractivity contribution < 1.29 is 0 Å². The predicted molar refractivity (Wildman–Crippen MR) is 68.2 cm³/mol. The Morgan fingerprint density at radius 2 is 2.24 bits per heavy atom. The molecule has 0 amide bonds. The summed E-state index contributed by atoms with van der Waals surface area (Å²) in [6.07, 6.45) is 5.90. The monoisotopic (exact) mass is 231 g/mol. The third-order valence-electron chi connectivity index (χ3n) is 3.74. The van der Waals surface area contributed by atoms with E-state index in [4.69, 9.17) is 0 Å². The summed E-state index contributed by atoms with van der Waals surface area (Å²) in [5, 5.41) is 4.40. The van der Waals surface area contributed by atoms with Crippen LogP contribution in [0.3, 0.4) is 0 Å². The van der Waals surface area contributed by atoms with E-state index >= 15 is 0 Å². The summed E-state index contributed by atoms with van der Waals surface area (Å²) in [7, 11) is 4.14. The van der Waals surface area contributed by atoms with Gasteiger partial charge in [0.2, 0.25) is 0 Å². The normalized spacial score (nSPS) is 23.6. The molecule has 90 valence electrons. The number of nitrogens with one attached hydrogen (secondary N) is 2. The fourth-order valence-corrected chi connectivity index (χ4v) is 2.45. The Morgan fingerprint density at radius 3 is 3.00 bits per heavy atom. The van der Waals surface area contributed by atoms with Gasteiger partial charge in [-0.05, 0) is 26.0 Å². The minimum atomic E-state index is 0.584. The van der Waals surface area contributed by atoms with Crippen LogP contribution in [0.25, 0.3) is 11.0 Å². The first-order valence-electron chi connectivity index (χ1n) is 5.97. The number of aromatic nitrogens is 3. The highest BCUT2D eigenvalue weighted by atomic mass is 15.2. The third kappa shape index (κ3) is 1.67. The number of rotatable bonds is 3. The molecule has 2 aromatic rings. The van der Waals surface area contributed by atoms with Gasteiger partial charge in [0.1, 0.15) is 17.8 Å². The lowest BCUT2D eigenvalue weighted by atomic mass is 9.86. The molecule has 5 heteroatoms. The van der Waals surface area contributed by atoms with Crippen molar-refractivity contribution in [3.8, 4) is 0 Å². The first kappa shape index (κ1) is 10.5. The van der Waals surface area contributed by atoms with Gasteiger partial charge in [0.15, 0.2) is 0 Å². The minimum Gasteiger partial charge on any atom is -0.356 e. The highest BCUT2D eigenvalue weighted by Gasteiger charge is 2.32. The second-order valence-corrected chi connectivity index (χ2v) is 4.66. The van der Waals surface area contributed by atoms with E-state index < -0.39 is 0 Å². The molecule has 1 aliphatic rings. The Morgan fingerprint density at radius 1 is 1.41 bits per heavy atom. The van der Waals surface area contributed by atoms with Gasteiger partial charge in [-0.1, -0.05) is 0 Å². The van der Waals surface area contributed by atoms with Gasteiger partial charge in [-0.15, -0.1) is 0 Å². The van der Waals surface area contributed by atoms with Crippen LogP contribution in [0.2, 0.25) is 0 Å². The molecule has 0 aromatic carbocycles. The van der Waals surface area contributed by atoms with Crippen LogP contribution >= 0.6 is 0 Å². The Hall–Kier alpha value is -1.62. The van der Waals surface area contributed by atoms with Crippen LogP contribution in [-0.4, -0.2) is 41.1 Å².